The first kappa shape index (κ1) is 22.6. The average molecular weight is 387 g/mol. The molecule has 0 radical (unpaired) electrons. The molecule has 2 aliphatic rings. The van der Waals surface area contributed by atoms with E-state index in [1.807, 2.05) is 25.1 Å². The molecule has 1 amide bonds. The summed E-state index contributed by atoms with van der Waals surface area (Å²) in [5.41, 5.74) is 1.22. The Kier molecular flexibility index (Phi) is 9.17. The number of Topliss-reactive ketones (excluding diaryl/α,β-unsaturated/α-hetero) is 1. The molecule has 4 atom stereocenters. The number of hydrogen-bond donors (Lipinski definition) is 1. The Hall–Kier alpha value is -1.68. The number of likely N-dealkylation sites (tertiary alicyclic amines) is 1. The van der Waals surface area contributed by atoms with E-state index < -0.39 is 0 Å². The number of nitrogens with one attached hydrogen (secondary N) is 1. The number of nitrogens with zero attached hydrogens (tertiary/aromatic N) is 1. The molecule has 1 aliphatic heterocycles. The summed E-state index contributed by atoms with van der Waals surface area (Å²) in [4.78, 5) is 27.0. The van der Waals surface area contributed by atoms with Gasteiger partial charge < -0.3 is 4.90 Å². The van der Waals surface area contributed by atoms with Crippen molar-refractivity contribution in [1.82, 2.24) is 10.2 Å². The molecule has 0 aromatic heterocycles. The highest BCUT2D eigenvalue weighted by molar-refractivity contribution is 5.85. The van der Waals surface area contributed by atoms with Gasteiger partial charge in [0.1, 0.15) is 5.78 Å². The molecule has 1 heterocycles. The van der Waals surface area contributed by atoms with Crippen LogP contribution in [0, 0.1) is 5.92 Å². The Bertz CT molecular complexity index is 616. The maximum atomic E-state index is 12.9. The van der Waals surface area contributed by atoms with E-state index in [0.717, 1.165) is 32.2 Å². The topological polar surface area (TPSA) is 49.4 Å². The zero-order chi connectivity index (χ0) is 20.5. The Morgan fingerprint density at radius 2 is 1.82 bits per heavy atom. The predicted octanol–water partition coefficient (Wildman–Crippen LogP) is 4.37. The Labute approximate surface area is 171 Å². The van der Waals surface area contributed by atoms with Crippen LogP contribution in [0.15, 0.2) is 30.3 Å². The molecule has 2 fully saturated rings. The van der Waals surface area contributed by atoms with Crippen molar-refractivity contribution in [2.24, 2.45) is 5.92 Å². The van der Waals surface area contributed by atoms with Gasteiger partial charge in [-0.3, -0.25) is 14.9 Å². The van der Waals surface area contributed by atoms with Crippen molar-refractivity contribution in [3.63, 3.8) is 0 Å². The predicted molar refractivity (Wildman–Crippen MR) is 115 cm³/mol. The van der Waals surface area contributed by atoms with Crippen LogP contribution in [-0.4, -0.2) is 41.3 Å². The van der Waals surface area contributed by atoms with E-state index in [1.165, 1.54) is 24.8 Å². The van der Waals surface area contributed by atoms with Crippen molar-refractivity contribution in [2.45, 2.75) is 90.8 Å². The largest absolute Gasteiger partial charge is 0.338 e. The molecular weight excluding hydrogens is 348 g/mol. The van der Waals surface area contributed by atoms with Crippen LogP contribution in [0.1, 0.15) is 71.8 Å². The molecule has 0 spiro atoms. The monoisotopic (exact) mass is 386 g/mol. The molecule has 1 saturated heterocycles. The second-order valence-electron chi connectivity index (χ2n) is 8.36. The minimum absolute atomic E-state index is 0.107. The Morgan fingerprint density at radius 3 is 2.46 bits per heavy atom. The lowest BCUT2D eigenvalue weighted by Gasteiger charge is -2.29. The van der Waals surface area contributed by atoms with Crippen LogP contribution in [0.3, 0.4) is 0 Å². The molecule has 3 rings (SSSR count). The summed E-state index contributed by atoms with van der Waals surface area (Å²) < 4.78 is 0. The molecule has 1 aromatic carbocycles. The van der Waals surface area contributed by atoms with Gasteiger partial charge in [-0.15, -0.1) is 0 Å². The van der Waals surface area contributed by atoms with Crippen LogP contribution in [-0.2, 0) is 16.0 Å². The number of benzene rings is 1. The van der Waals surface area contributed by atoms with Gasteiger partial charge in [-0.05, 0) is 57.4 Å². The second kappa shape index (κ2) is 11.4. The maximum absolute atomic E-state index is 12.9. The van der Waals surface area contributed by atoms with Gasteiger partial charge in [-0.25, -0.2) is 0 Å². The van der Waals surface area contributed by atoms with Crippen LogP contribution in [0.2, 0.25) is 0 Å². The van der Waals surface area contributed by atoms with E-state index in [2.05, 4.69) is 36.2 Å². The number of hydrogen-bond acceptors (Lipinski definition) is 3. The Balaban J connectivity index is 0.000000878. The zero-order valence-corrected chi connectivity index (χ0v) is 18.1. The van der Waals surface area contributed by atoms with E-state index in [-0.39, 0.29) is 23.8 Å². The summed E-state index contributed by atoms with van der Waals surface area (Å²) in [6.45, 7) is 8.65. The van der Waals surface area contributed by atoms with Crippen LogP contribution in [0.4, 0.5) is 0 Å². The van der Waals surface area contributed by atoms with E-state index in [9.17, 15) is 9.59 Å². The van der Waals surface area contributed by atoms with Crippen molar-refractivity contribution < 1.29 is 9.59 Å². The third kappa shape index (κ3) is 6.16. The van der Waals surface area contributed by atoms with Gasteiger partial charge in [0, 0.05) is 12.6 Å². The second-order valence-corrected chi connectivity index (χ2v) is 8.36. The Morgan fingerprint density at radius 1 is 1.14 bits per heavy atom. The third-order valence-corrected chi connectivity index (χ3v) is 5.92. The standard InChI is InChI=1S/C21H30N2O2.C3H8/c1-15(21(25)23-14-13-18-9-6-10-20(18)23)22-19(16(2)24)12-11-17-7-4-3-5-8-17;1-3-2/h3-5,7-8,15,18-20,22H,6,9-14H2,1-2H3;3H2,1-2H3. The number of ketones is 1. The van der Waals surface area contributed by atoms with Gasteiger partial charge in [0.15, 0.2) is 0 Å². The molecule has 28 heavy (non-hydrogen) atoms. The lowest BCUT2D eigenvalue weighted by molar-refractivity contribution is -0.134. The first-order valence-corrected chi connectivity index (χ1v) is 11.1. The first-order chi connectivity index (χ1) is 13.5. The molecule has 1 aliphatic carbocycles. The first-order valence-electron chi connectivity index (χ1n) is 11.1. The van der Waals surface area contributed by atoms with Crippen molar-refractivity contribution in [3.8, 4) is 0 Å². The minimum atomic E-state index is -0.302. The van der Waals surface area contributed by atoms with Crippen LogP contribution < -0.4 is 5.32 Å². The molecule has 156 valence electrons. The van der Waals surface area contributed by atoms with Gasteiger partial charge in [0.25, 0.3) is 0 Å². The highest BCUT2D eigenvalue weighted by Gasteiger charge is 2.41. The molecule has 4 nitrogen and oxygen atoms in total. The third-order valence-electron chi connectivity index (χ3n) is 5.92. The van der Waals surface area contributed by atoms with Crippen LogP contribution >= 0.6 is 0 Å². The quantitative estimate of drug-likeness (QED) is 0.757. The fourth-order valence-electron chi connectivity index (χ4n) is 4.49. The molecule has 4 heteroatoms. The number of aryl methyl sites for hydroxylation is 1. The maximum Gasteiger partial charge on any atom is 0.239 e. The van der Waals surface area contributed by atoms with Crippen molar-refractivity contribution in [1.29, 1.82) is 0 Å². The smallest absolute Gasteiger partial charge is 0.239 e. The number of carbonyl (C=O) groups is 2. The summed E-state index contributed by atoms with van der Waals surface area (Å²) >= 11 is 0. The molecule has 4 unspecified atom stereocenters. The lowest BCUT2D eigenvalue weighted by atomic mass is 10.0. The summed E-state index contributed by atoms with van der Waals surface area (Å²) in [5.74, 6) is 0.981. The summed E-state index contributed by atoms with van der Waals surface area (Å²) in [7, 11) is 0. The highest BCUT2D eigenvalue weighted by atomic mass is 16.2. The summed E-state index contributed by atoms with van der Waals surface area (Å²) in [6, 6.07) is 10.1. The van der Waals surface area contributed by atoms with Gasteiger partial charge in [-0.1, -0.05) is 57.0 Å². The van der Waals surface area contributed by atoms with Gasteiger partial charge in [0.05, 0.1) is 12.1 Å². The highest BCUT2D eigenvalue weighted by Crippen LogP contribution is 2.37. The fraction of sp³-hybridized carbons (Fsp3) is 0.667. The number of fused-ring (bicyclic) bond motifs is 1. The number of amides is 1. The van der Waals surface area contributed by atoms with Crippen molar-refractivity contribution in [2.75, 3.05) is 6.54 Å². The minimum Gasteiger partial charge on any atom is -0.338 e. The zero-order valence-electron chi connectivity index (χ0n) is 18.1. The summed E-state index contributed by atoms with van der Waals surface area (Å²) in [5, 5.41) is 3.30. The van der Waals surface area contributed by atoms with Crippen LogP contribution in [0.5, 0.6) is 0 Å². The SMILES string of the molecule is CC(=O)C(CCc1ccccc1)NC(C)C(=O)N1CCC2CCCC21.CCC. The number of carbonyl (C=O) groups excluding carboxylic acids is 2. The average Bonchev–Trinajstić information content (AvgIpc) is 3.29. The molecule has 1 N–H and O–H groups in total. The van der Waals surface area contributed by atoms with Crippen LogP contribution in [0.25, 0.3) is 0 Å². The lowest BCUT2D eigenvalue weighted by Crippen LogP contribution is -2.51. The molecular formula is C24H38N2O2. The van der Waals surface area contributed by atoms with Crippen molar-refractivity contribution >= 4 is 11.7 Å². The molecule has 0 bridgehead atoms. The van der Waals surface area contributed by atoms with Gasteiger partial charge >= 0.3 is 0 Å². The van der Waals surface area contributed by atoms with Gasteiger partial charge in [-0.2, -0.15) is 0 Å². The normalized spacial score (nSPS) is 22.8. The fourth-order valence-corrected chi connectivity index (χ4v) is 4.49. The van der Waals surface area contributed by atoms with E-state index in [0.29, 0.717) is 12.0 Å². The molecule has 1 saturated carbocycles. The summed E-state index contributed by atoms with van der Waals surface area (Å²) in [6.07, 6.45) is 7.62. The van der Waals surface area contributed by atoms with Crippen molar-refractivity contribution in [3.05, 3.63) is 35.9 Å². The molecule has 1 aromatic rings. The van der Waals surface area contributed by atoms with E-state index >= 15 is 0 Å². The van der Waals surface area contributed by atoms with E-state index in [4.69, 9.17) is 0 Å². The number of rotatable bonds is 7. The van der Waals surface area contributed by atoms with Gasteiger partial charge in [0.2, 0.25) is 5.91 Å². The van der Waals surface area contributed by atoms with E-state index in [1.54, 1.807) is 6.92 Å².